The van der Waals surface area contributed by atoms with Crippen LogP contribution >= 0.6 is 17.0 Å². The van der Waals surface area contributed by atoms with Gasteiger partial charge in [-0.25, -0.2) is 0 Å². The lowest BCUT2D eigenvalue weighted by Gasteiger charge is -2.58. The molecule has 5 unspecified atom stereocenters. The highest BCUT2D eigenvalue weighted by atomic mass is 79.9. The minimum absolute atomic E-state index is 0. The Labute approximate surface area is 131 Å². The number of rotatable bonds is 0. The van der Waals surface area contributed by atoms with Crippen molar-refractivity contribution < 1.29 is 4.74 Å². The van der Waals surface area contributed by atoms with Crippen LogP contribution in [0.15, 0.2) is 24.3 Å². The van der Waals surface area contributed by atoms with Gasteiger partial charge in [-0.15, -0.1) is 17.0 Å². The molecule has 2 bridgehead atoms. The smallest absolute Gasteiger partial charge is 0.0705 e. The number of ether oxygens (including phenoxy) is 1. The fourth-order valence-corrected chi connectivity index (χ4v) is 5.39. The Bertz CT molecular complexity index is 474. The van der Waals surface area contributed by atoms with Gasteiger partial charge in [0.15, 0.2) is 0 Å². The summed E-state index contributed by atoms with van der Waals surface area (Å²) in [5.41, 5.74) is 3.23. The molecule has 5 atom stereocenters. The van der Waals surface area contributed by atoms with Crippen LogP contribution in [-0.4, -0.2) is 30.2 Å². The van der Waals surface area contributed by atoms with Gasteiger partial charge < -0.3 is 4.74 Å². The molecule has 3 saturated heterocycles. The van der Waals surface area contributed by atoms with Gasteiger partial charge in [0.05, 0.1) is 6.10 Å². The zero-order valence-corrected chi connectivity index (χ0v) is 13.4. The van der Waals surface area contributed by atoms with Crippen LogP contribution in [0.25, 0.3) is 0 Å². The third-order valence-corrected chi connectivity index (χ3v) is 5.98. The van der Waals surface area contributed by atoms with Gasteiger partial charge in [-0.1, -0.05) is 30.7 Å². The summed E-state index contributed by atoms with van der Waals surface area (Å²) in [5.74, 6) is 1.41. The lowest BCUT2D eigenvalue weighted by Crippen LogP contribution is -2.60. The highest BCUT2D eigenvalue weighted by molar-refractivity contribution is 8.93. The second-order valence-electron chi connectivity index (χ2n) is 6.69. The Morgan fingerprint density at radius 3 is 2.80 bits per heavy atom. The molecule has 1 aromatic carbocycles. The largest absolute Gasteiger partial charge is 0.377 e. The first kappa shape index (κ1) is 13.3. The number of benzene rings is 1. The van der Waals surface area contributed by atoms with Crippen molar-refractivity contribution in [1.82, 2.24) is 4.90 Å². The molecule has 0 saturated carbocycles. The van der Waals surface area contributed by atoms with Crippen molar-refractivity contribution in [2.24, 2.45) is 5.92 Å². The summed E-state index contributed by atoms with van der Waals surface area (Å²) in [6.45, 7) is 2.29. The fourth-order valence-electron chi connectivity index (χ4n) is 5.39. The molecule has 0 aromatic heterocycles. The fraction of sp³-hybridized carbons (Fsp3) is 0.647. The third-order valence-electron chi connectivity index (χ3n) is 5.98. The molecule has 0 N–H and O–H groups in total. The van der Waals surface area contributed by atoms with Crippen LogP contribution in [0.2, 0.25) is 0 Å². The number of hydrogen-bond acceptors (Lipinski definition) is 2. The molecule has 3 heteroatoms. The summed E-state index contributed by atoms with van der Waals surface area (Å²) in [6, 6.07) is 10.6. The van der Waals surface area contributed by atoms with Crippen molar-refractivity contribution in [3.8, 4) is 0 Å². The quantitative estimate of drug-likeness (QED) is 0.717. The summed E-state index contributed by atoms with van der Waals surface area (Å²) < 4.78 is 6.17. The first-order chi connectivity index (χ1) is 9.45. The van der Waals surface area contributed by atoms with Crippen LogP contribution in [0.4, 0.5) is 0 Å². The minimum Gasteiger partial charge on any atom is -0.377 e. The van der Waals surface area contributed by atoms with Gasteiger partial charge in [-0.2, -0.15) is 0 Å². The molecular weight excluding hydrogens is 314 g/mol. The lowest BCUT2D eigenvalue weighted by atomic mass is 9.62. The van der Waals surface area contributed by atoms with E-state index in [1.54, 1.807) is 11.1 Å². The van der Waals surface area contributed by atoms with Gasteiger partial charge in [0.1, 0.15) is 0 Å². The average molecular weight is 336 g/mol. The van der Waals surface area contributed by atoms with Gasteiger partial charge >= 0.3 is 0 Å². The van der Waals surface area contributed by atoms with E-state index in [0.717, 1.165) is 18.6 Å². The molecule has 1 aromatic rings. The average Bonchev–Trinajstić information content (AvgIpc) is 2.96. The van der Waals surface area contributed by atoms with E-state index < -0.39 is 0 Å². The van der Waals surface area contributed by atoms with Crippen LogP contribution in [0.1, 0.15) is 48.8 Å². The van der Waals surface area contributed by atoms with E-state index in [-0.39, 0.29) is 17.0 Å². The summed E-state index contributed by atoms with van der Waals surface area (Å²) >= 11 is 0. The van der Waals surface area contributed by atoms with Crippen molar-refractivity contribution in [3.63, 3.8) is 0 Å². The summed E-state index contributed by atoms with van der Waals surface area (Å²) in [6.07, 6.45) is 5.95. The maximum Gasteiger partial charge on any atom is 0.0705 e. The number of nitrogens with zero attached hydrogens (tertiary/aromatic N) is 1. The molecular formula is C17H22BrNO. The molecule has 4 heterocycles. The molecule has 0 amide bonds. The molecule has 0 radical (unpaired) electrons. The first-order valence-electron chi connectivity index (χ1n) is 7.91. The van der Waals surface area contributed by atoms with Crippen LogP contribution in [-0.2, 0) is 4.74 Å². The van der Waals surface area contributed by atoms with Gasteiger partial charge in [-0.05, 0) is 36.9 Å². The number of halogens is 1. The highest BCUT2D eigenvalue weighted by Gasteiger charge is 2.57. The molecule has 4 aliphatic heterocycles. The highest BCUT2D eigenvalue weighted by Crippen LogP contribution is 2.58. The molecule has 3 fully saturated rings. The van der Waals surface area contributed by atoms with Crippen LogP contribution in [0, 0.1) is 5.92 Å². The minimum atomic E-state index is 0. The van der Waals surface area contributed by atoms with Crippen molar-refractivity contribution in [2.45, 2.75) is 49.8 Å². The summed E-state index contributed by atoms with van der Waals surface area (Å²) in [5, 5.41) is 0. The van der Waals surface area contributed by atoms with E-state index in [1.807, 2.05) is 0 Å². The van der Waals surface area contributed by atoms with Gasteiger partial charge in [-0.3, -0.25) is 4.90 Å². The van der Waals surface area contributed by atoms with E-state index in [0.29, 0.717) is 18.1 Å². The number of hydrogen-bond donors (Lipinski definition) is 0. The van der Waals surface area contributed by atoms with Gasteiger partial charge in [0, 0.05) is 30.5 Å². The molecule has 20 heavy (non-hydrogen) atoms. The summed E-state index contributed by atoms with van der Waals surface area (Å²) in [4.78, 5) is 2.84. The van der Waals surface area contributed by atoms with E-state index in [4.69, 9.17) is 4.74 Å². The standard InChI is InChI=1S/C17H21NO.BrH/c1-2-6-12-11(5-1)15-14-7-3-4-9-18(14)16(12)13-8-10-19-17(13)15;/h1-2,5-6,13-17H,3-4,7-10H2;1H. The van der Waals surface area contributed by atoms with Crippen molar-refractivity contribution in [2.75, 3.05) is 13.2 Å². The molecule has 1 aliphatic carbocycles. The Hall–Kier alpha value is -0.380. The first-order valence-corrected chi connectivity index (χ1v) is 7.91. The Morgan fingerprint density at radius 2 is 1.90 bits per heavy atom. The second-order valence-corrected chi connectivity index (χ2v) is 6.69. The monoisotopic (exact) mass is 335 g/mol. The van der Waals surface area contributed by atoms with E-state index in [2.05, 4.69) is 29.2 Å². The molecule has 5 aliphatic rings. The van der Waals surface area contributed by atoms with E-state index in [9.17, 15) is 0 Å². The van der Waals surface area contributed by atoms with Crippen molar-refractivity contribution >= 4 is 17.0 Å². The Kier molecular flexibility index (Phi) is 3.21. The Morgan fingerprint density at radius 1 is 1.05 bits per heavy atom. The molecule has 6 rings (SSSR count). The molecule has 108 valence electrons. The lowest BCUT2D eigenvalue weighted by molar-refractivity contribution is -0.0806. The van der Waals surface area contributed by atoms with Crippen molar-refractivity contribution in [3.05, 3.63) is 35.4 Å². The van der Waals surface area contributed by atoms with E-state index >= 15 is 0 Å². The second kappa shape index (κ2) is 4.82. The maximum atomic E-state index is 6.17. The normalized spacial score (nSPS) is 41.5. The van der Waals surface area contributed by atoms with Crippen LogP contribution in [0.5, 0.6) is 0 Å². The predicted octanol–water partition coefficient (Wildman–Crippen LogP) is 3.68. The maximum absolute atomic E-state index is 6.17. The SMILES string of the molecule is Br.c1ccc2c(c1)C1C3OCCC3C2N2CCCCC12. The molecule has 0 spiro atoms. The molecule has 2 nitrogen and oxygen atoms in total. The number of piperidine rings is 2. The zero-order valence-electron chi connectivity index (χ0n) is 11.7. The van der Waals surface area contributed by atoms with E-state index in [1.165, 1.54) is 32.2 Å². The van der Waals surface area contributed by atoms with Crippen molar-refractivity contribution in [1.29, 1.82) is 0 Å². The predicted molar refractivity (Wildman–Crippen MR) is 84.4 cm³/mol. The van der Waals surface area contributed by atoms with Crippen LogP contribution < -0.4 is 0 Å². The third kappa shape index (κ3) is 1.57. The summed E-state index contributed by atoms with van der Waals surface area (Å²) in [7, 11) is 0. The Balaban J connectivity index is 0.00000106. The topological polar surface area (TPSA) is 12.5 Å². The van der Waals surface area contributed by atoms with Gasteiger partial charge in [0.25, 0.3) is 0 Å². The van der Waals surface area contributed by atoms with Gasteiger partial charge in [0.2, 0.25) is 0 Å². The zero-order chi connectivity index (χ0) is 12.4. The van der Waals surface area contributed by atoms with Crippen LogP contribution in [0.3, 0.4) is 0 Å².